The van der Waals surface area contributed by atoms with Gasteiger partial charge in [-0.05, 0) is 12.5 Å². The van der Waals surface area contributed by atoms with Gasteiger partial charge in [-0.2, -0.15) is 0 Å². The highest BCUT2D eigenvalue weighted by Gasteiger charge is 1.99. The van der Waals surface area contributed by atoms with Crippen molar-refractivity contribution in [1.29, 1.82) is 0 Å². The van der Waals surface area contributed by atoms with Crippen molar-refractivity contribution in [3.8, 4) is 5.88 Å². The first-order valence-electron chi connectivity index (χ1n) is 4.46. The maximum absolute atomic E-state index is 10.7. The number of carbonyl (C=O) groups excluding carboxylic acids is 1. The Bertz CT molecular complexity index is 297. The first kappa shape index (κ1) is 10.4. The van der Waals surface area contributed by atoms with Crippen molar-refractivity contribution in [3.63, 3.8) is 0 Å². The molecule has 5 nitrogen and oxygen atoms in total. The van der Waals surface area contributed by atoms with Gasteiger partial charge in [-0.25, -0.2) is 0 Å². The van der Waals surface area contributed by atoms with Gasteiger partial charge < -0.3 is 10.1 Å². The van der Waals surface area contributed by atoms with Crippen LogP contribution >= 0.6 is 0 Å². The number of aromatic nitrogens is 2. The van der Waals surface area contributed by atoms with Crippen LogP contribution in [0, 0.1) is 0 Å². The summed E-state index contributed by atoms with van der Waals surface area (Å²) in [6.45, 7) is 4.05. The Hall–Kier alpha value is -1.65. The van der Waals surface area contributed by atoms with E-state index in [1.807, 2.05) is 6.92 Å². The van der Waals surface area contributed by atoms with Crippen LogP contribution in [0.25, 0.3) is 0 Å². The number of nitrogens with zero attached hydrogens (tertiary/aromatic N) is 2. The Labute approximate surface area is 82.5 Å². The van der Waals surface area contributed by atoms with Crippen LogP contribution in [0.3, 0.4) is 0 Å². The summed E-state index contributed by atoms with van der Waals surface area (Å²) in [6, 6.07) is 3.33. The van der Waals surface area contributed by atoms with Gasteiger partial charge in [0.2, 0.25) is 11.8 Å². The molecule has 0 spiro atoms. The van der Waals surface area contributed by atoms with E-state index >= 15 is 0 Å². The van der Waals surface area contributed by atoms with Crippen LogP contribution in [0.5, 0.6) is 5.88 Å². The molecule has 14 heavy (non-hydrogen) atoms. The molecule has 0 fully saturated rings. The molecule has 0 aliphatic heterocycles. The second kappa shape index (κ2) is 5.16. The molecule has 1 aromatic rings. The lowest BCUT2D eigenvalue weighted by Gasteiger charge is -2.03. The first-order chi connectivity index (χ1) is 6.72. The third kappa shape index (κ3) is 3.38. The van der Waals surface area contributed by atoms with Crippen LogP contribution in [0.15, 0.2) is 12.1 Å². The summed E-state index contributed by atoms with van der Waals surface area (Å²) >= 11 is 0. The van der Waals surface area contributed by atoms with Gasteiger partial charge in [0.1, 0.15) is 0 Å². The van der Waals surface area contributed by atoms with Crippen LogP contribution in [0.1, 0.15) is 20.3 Å². The molecule has 0 radical (unpaired) electrons. The number of anilines is 1. The van der Waals surface area contributed by atoms with Crippen LogP contribution in [0.2, 0.25) is 0 Å². The predicted molar refractivity (Wildman–Crippen MR) is 52.1 cm³/mol. The van der Waals surface area contributed by atoms with E-state index in [0.29, 0.717) is 18.3 Å². The Morgan fingerprint density at radius 3 is 2.79 bits per heavy atom. The molecule has 1 N–H and O–H groups in total. The highest BCUT2D eigenvalue weighted by Crippen LogP contribution is 2.07. The fraction of sp³-hybridized carbons (Fsp3) is 0.444. The van der Waals surface area contributed by atoms with E-state index in [0.717, 1.165) is 6.42 Å². The van der Waals surface area contributed by atoms with Crippen molar-refractivity contribution in [3.05, 3.63) is 12.1 Å². The minimum atomic E-state index is -0.165. The summed E-state index contributed by atoms with van der Waals surface area (Å²) in [6.07, 6.45) is 0.926. The maximum Gasteiger partial charge on any atom is 0.233 e. The Morgan fingerprint density at radius 2 is 2.29 bits per heavy atom. The van der Waals surface area contributed by atoms with E-state index in [1.165, 1.54) is 6.92 Å². The van der Waals surface area contributed by atoms with Crippen LogP contribution in [-0.2, 0) is 4.79 Å². The normalized spacial score (nSPS) is 9.57. The summed E-state index contributed by atoms with van der Waals surface area (Å²) in [5.41, 5.74) is 0. The number of rotatable bonds is 4. The summed E-state index contributed by atoms with van der Waals surface area (Å²) < 4.78 is 5.23. The van der Waals surface area contributed by atoms with E-state index in [4.69, 9.17) is 4.74 Å². The number of ether oxygens (including phenoxy) is 1. The van der Waals surface area contributed by atoms with Crippen LogP contribution < -0.4 is 10.1 Å². The van der Waals surface area contributed by atoms with E-state index in [-0.39, 0.29) is 5.91 Å². The van der Waals surface area contributed by atoms with E-state index in [1.54, 1.807) is 12.1 Å². The van der Waals surface area contributed by atoms with Crippen molar-refractivity contribution in [2.24, 2.45) is 0 Å². The van der Waals surface area contributed by atoms with Crippen molar-refractivity contribution >= 4 is 11.7 Å². The van der Waals surface area contributed by atoms with E-state index < -0.39 is 0 Å². The number of hydrogen-bond acceptors (Lipinski definition) is 4. The SMILES string of the molecule is CCCOc1ccc(NC(C)=O)nn1. The van der Waals surface area contributed by atoms with Crippen molar-refractivity contribution in [2.45, 2.75) is 20.3 Å². The van der Waals surface area contributed by atoms with Crippen molar-refractivity contribution < 1.29 is 9.53 Å². The molecule has 1 heterocycles. The van der Waals surface area contributed by atoms with Gasteiger partial charge in [0.05, 0.1) is 6.61 Å². The van der Waals surface area contributed by atoms with Gasteiger partial charge in [-0.3, -0.25) is 4.79 Å². The lowest BCUT2D eigenvalue weighted by atomic mass is 10.5. The highest BCUT2D eigenvalue weighted by molar-refractivity contribution is 5.87. The molecule has 0 aliphatic rings. The molecule has 0 saturated heterocycles. The maximum atomic E-state index is 10.7. The monoisotopic (exact) mass is 195 g/mol. The van der Waals surface area contributed by atoms with Gasteiger partial charge in [0, 0.05) is 13.0 Å². The molecule has 5 heteroatoms. The highest BCUT2D eigenvalue weighted by atomic mass is 16.5. The van der Waals surface area contributed by atoms with Crippen LogP contribution in [-0.4, -0.2) is 22.7 Å². The van der Waals surface area contributed by atoms with Crippen LogP contribution in [0.4, 0.5) is 5.82 Å². The molecule has 76 valence electrons. The smallest absolute Gasteiger partial charge is 0.233 e. The molecule has 1 aromatic heterocycles. The quantitative estimate of drug-likeness (QED) is 0.784. The largest absolute Gasteiger partial charge is 0.477 e. The fourth-order valence-corrected chi connectivity index (χ4v) is 0.851. The van der Waals surface area contributed by atoms with Crippen molar-refractivity contribution in [1.82, 2.24) is 10.2 Å². The van der Waals surface area contributed by atoms with Gasteiger partial charge in [0.15, 0.2) is 5.82 Å². The molecule has 0 saturated carbocycles. The first-order valence-corrected chi connectivity index (χ1v) is 4.46. The zero-order valence-electron chi connectivity index (χ0n) is 8.28. The molecule has 0 aliphatic carbocycles. The zero-order chi connectivity index (χ0) is 10.4. The molecule has 0 atom stereocenters. The minimum Gasteiger partial charge on any atom is -0.477 e. The van der Waals surface area contributed by atoms with E-state index in [2.05, 4.69) is 15.5 Å². The lowest BCUT2D eigenvalue weighted by molar-refractivity contribution is -0.114. The molecule has 0 aromatic carbocycles. The third-order valence-corrected chi connectivity index (χ3v) is 1.40. The van der Waals surface area contributed by atoms with Gasteiger partial charge in [0.25, 0.3) is 0 Å². The predicted octanol–water partition coefficient (Wildman–Crippen LogP) is 1.22. The van der Waals surface area contributed by atoms with Gasteiger partial charge in [-0.1, -0.05) is 6.92 Å². The molecule has 1 amide bonds. The summed E-state index contributed by atoms with van der Waals surface area (Å²) in [5.74, 6) is 0.740. The molecular formula is C9H13N3O2. The average Bonchev–Trinajstić information content (AvgIpc) is 2.16. The second-order valence-corrected chi connectivity index (χ2v) is 2.79. The molecule has 0 unspecified atom stereocenters. The third-order valence-electron chi connectivity index (χ3n) is 1.40. The Morgan fingerprint density at radius 1 is 1.50 bits per heavy atom. The summed E-state index contributed by atoms with van der Waals surface area (Å²) in [5, 5.41) is 10.1. The zero-order valence-corrected chi connectivity index (χ0v) is 8.28. The van der Waals surface area contributed by atoms with Crippen molar-refractivity contribution in [2.75, 3.05) is 11.9 Å². The summed E-state index contributed by atoms with van der Waals surface area (Å²) in [4.78, 5) is 10.7. The number of hydrogen-bond donors (Lipinski definition) is 1. The van der Waals surface area contributed by atoms with E-state index in [9.17, 15) is 4.79 Å². The topological polar surface area (TPSA) is 64.1 Å². The molecular weight excluding hydrogens is 182 g/mol. The number of nitrogens with one attached hydrogen (secondary N) is 1. The van der Waals surface area contributed by atoms with Gasteiger partial charge in [-0.15, -0.1) is 10.2 Å². The molecule has 1 rings (SSSR count). The standard InChI is InChI=1S/C9H13N3O2/c1-3-6-14-9-5-4-8(11-12-9)10-7(2)13/h4-5H,3,6H2,1-2H3,(H,10,11,13). The number of carbonyl (C=O) groups is 1. The minimum absolute atomic E-state index is 0.165. The average molecular weight is 195 g/mol. The second-order valence-electron chi connectivity index (χ2n) is 2.79. The summed E-state index contributed by atoms with van der Waals surface area (Å²) in [7, 11) is 0. The number of amides is 1. The van der Waals surface area contributed by atoms with Gasteiger partial charge >= 0.3 is 0 Å². The lowest BCUT2D eigenvalue weighted by Crippen LogP contribution is -2.08. The molecule has 0 bridgehead atoms. The fourth-order valence-electron chi connectivity index (χ4n) is 0.851. The Balaban J connectivity index is 2.54. The Kier molecular flexibility index (Phi) is 3.84.